The molecule has 114 valence electrons. The summed E-state index contributed by atoms with van der Waals surface area (Å²) >= 11 is 0. The van der Waals surface area contributed by atoms with E-state index in [-0.39, 0.29) is 23.8 Å². The van der Waals surface area contributed by atoms with E-state index >= 15 is 0 Å². The minimum Gasteiger partial charge on any atom is -0.326 e. The zero-order valence-electron chi connectivity index (χ0n) is 12.6. The molecule has 0 saturated carbocycles. The van der Waals surface area contributed by atoms with Gasteiger partial charge in [0.05, 0.1) is 6.04 Å². The first kappa shape index (κ1) is 15.5. The van der Waals surface area contributed by atoms with Crippen molar-refractivity contribution >= 4 is 23.2 Å². The third-order valence-electron chi connectivity index (χ3n) is 3.55. The minimum absolute atomic E-state index is 0.0120. The quantitative estimate of drug-likeness (QED) is 0.797. The molecule has 1 unspecified atom stereocenters. The first-order valence-electron chi connectivity index (χ1n) is 7.51. The molecule has 1 atom stereocenters. The molecule has 1 heterocycles. The van der Waals surface area contributed by atoms with Crippen LogP contribution in [-0.2, 0) is 9.59 Å². The van der Waals surface area contributed by atoms with Crippen LogP contribution in [-0.4, -0.2) is 24.4 Å². The fourth-order valence-electron chi connectivity index (χ4n) is 2.27. The van der Waals surface area contributed by atoms with E-state index in [2.05, 4.69) is 16.0 Å². The van der Waals surface area contributed by atoms with Crippen molar-refractivity contribution < 1.29 is 9.59 Å². The molecule has 0 aliphatic carbocycles. The van der Waals surface area contributed by atoms with Gasteiger partial charge in [-0.15, -0.1) is 0 Å². The van der Waals surface area contributed by atoms with Crippen LogP contribution in [0.2, 0.25) is 0 Å². The Labute approximate surface area is 125 Å². The Morgan fingerprint density at radius 2 is 1.90 bits per heavy atom. The smallest absolute Gasteiger partial charge is 0.241 e. The highest BCUT2D eigenvalue weighted by Gasteiger charge is 2.20. The number of benzene rings is 1. The minimum atomic E-state index is -0.118. The van der Waals surface area contributed by atoms with E-state index in [1.807, 2.05) is 32.0 Å². The van der Waals surface area contributed by atoms with Crippen molar-refractivity contribution in [2.75, 3.05) is 17.2 Å². The van der Waals surface area contributed by atoms with Crippen LogP contribution in [0.3, 0.4) is 0 Å². The van der Waals surface area contributed by atoms with Gasteiger partial charge in [0.15, 0.2) is 0 Å². The zero-order valence-corrected chi connectivity index (χ0v) is 12.6. The Hall–Kier alpha value is -1.88. The number of carbonyl (C=O) groups is 2. The predicted octanol–water partition coefficient (Wildman–Crippen LogP) is 2.36. The number of nitrogens with one attached hydrogen (secondary N) is 3. The molecule has 21 heavy (non-hydrogen) atoms. The van der Waals surface area contributed by atoms with Gasteiger partial charge >= 0.3 is 0 Å². The Kier molecular flexibility index (Phi) is 5.33. The van der Waals surface area contributed by atoms with Gasteiger partial charge in [-0.25, -0.2) is 0 Å². The molecule has 1 aromatic carbocycles. The van der Waals surface area contributed by atoms with Gasteiger partial charge in [-0.1, -0.05) is 26.3 Å². The van der Waals surface area contributed by atoms with Gasteiger partial charge in [-0.2, -0.15) is 0 Å². The van der Waals surface area contributed by atoms with Crippen LogP contribution in [0.4, 0.5) is 11.4 Å². The molecule has 0 radical (unpaired) electrons. The average molecular weight is 289 g/mol. The van der Waals surface area contributed by atoms with E-state index in [4.69, 9.17) is 0 Å². The van der Waals surface area contributed by atoms with Gasteiger partial charge in [-0.3, -0.25) is 9.59 Å². The molecule has 5 heteroatoms. The maximum Gasteiger partial charge on any atom is 0.241 e. The largest absolute Gasteiger partial charge is 0.326 e. The Balaban J connectivity index is 1.97. The van der Waals surface area contributed by atoms with Crippen LogP contribution < -0.4 is 16.0 Å². The van der Waals surface area contributed by atoms with E-state index in [1.165, 1.54) is 0 Å². The van der Waals surface area contributed by atoms with Crippen LogP contribution >= 0.6 is 0 Å². The zero-order chi connectivity index (χ0) is 15.2. The maximum absolute atomic E-state index is 12.1. The predicted molar refractivity (Wildman–Crippen MR) is 84.2 cm³/mol. The molecule has 1 fully saturated rings. The summed E-state index contributed by atoms with van der Waals surface area (Å²) in [6.07, 6.45) is 3.08. The molecule has 3 N–H and O–H groups in total. The second-order valence-electron chi connectivity index (χ2n) is 5.72. The van der Waals surface area contributed by atoms with E-state index in [1.54, 1.807) is 6.07 Å². The highest BCUT2D eigenvalue weighted by molar-refractivity contribution is 5.96. The Bertz CT molecular complexity index is 508. The standard InChI is InChI=1S/C16H23N3O2/c1-11(2)15(20)18-12-6-5-7-13(10-12)19-16(21)14-8-3-4-9-17-14/h5-7,10-11,14,17H,3-4,8-9H2,1-2H3,(H,18,20)(H,19,21). The summed E-state index contributed by atoms with van der Waals surface area (Å²) in [5.41, 5.74) is 1.40. The van der Waals surface area contributed by atoms with Gasteiger partial charge < -0.3 is 16.0 Å². The number of hydrogen-bond donors (Lipinski definition) is 3. The van der Waals surface area contributed by atoms with E-state index in [0.29, 0.717) is 11.4 Å². The van der Waals surface area contributed by atoms with Gasteiger partial charge in [0.1, 0.15) is 0 Å². The van der Waals surface area contributed by atoms with Crippen molar-refractivity contribution in [3.05, 3.63) is 24.3 Å². The van der Waals surface area contributed by atoms with Crippen molar-refractivity contribution in [2.45, 2.75) is 39.2 Å². The maximum atomic E-state index is 12.1. The van der Waals surface area contributed by atoms with Gasteiger partial charge in [0.2, 0.25) is 11.8 Å². The molecule has 0 bridgehead atoms. The van der Waals surface area contributed by atoms with Crippen molar-refractivity contribution in [1.82, 2.24) is 5.32 Å². The lowest BCUT2D eigenvalue weighted by molar-refractivity contribution is -0.119. The molecule has 2 rings (SSSR count). The Morgan fingerprint density at radius 3 is 2.52 bits per heavy atom. The molecule has 1 saturated heterocycles. The number of rotatable bonds is 4. The number of anilines is 2. The van der Waals surface area contributed by atoms with Crippen LogP contribution in [0.5, 0.6) is 0 Å². The number of hydrogen-bond acceptors (Lipinski definition) is 3. The fraction of sp³-hybridized carbons (Fsp3) is 0.500. The SMILES string of the molecule is CC(C)C(=O)Nc1cccc(NC(=O)C2CCCCN2)c1. The first-order chi connectivity index (χ1) is 10.1. The summed E-state index contributed by atoms with van der Waals surface area (Å²) < 4.78 is 0. The van der Waals surface area contributed by atoms with E-state index in [9.17, 15) is 9.59 Å². The monoisotopic (exact) mass is 289 g/mol. The van der Waals surface area contributed by atoms with Crippen molar-refractivity contribution in [3.63, 3.8) is 0 Å². The molecule has 1 aliphatic heterocycles. The highest BCUT2D eigenvalue weighted by atomic mass is 16.2. The third-order valence-corrected chi connectivity index (χ3v) is 3.55. The van der Waals surface area contributed by atoms with Crippen LogP contribution in [0.25, 0.3) is 0 Å². The summed E-state index contributed by atoms with van der Waals surface area (Å²) in [4.78, 5) is 23.8. The van der Waals surface area contributed by atoms with Crippen LogP contribution in [0.15, 0.2) is 24.3 Å². The summed E-state index contributed by atoms with van der Waals surface area (Å²) in [6.45, 7) is 4.58. The van der Waals surface area contributed by atoms with Gasteiger partial charge in [0, 0.05) is 17.3 Å². The van der Waals surface area contributed by atoms with Crippen LogP contribution in [0.1, 0.15) is 33.1 Å². The topological polar surface area (TPSA) is 70.2 Å². The Morgan fingerprint density at radius 1 is 1.19 bits per heavy atom. The normalized spacial score (nSPS) is 18.3. The molecule has 5 nitrogen and oxygen atoms in total. The first-order valence-corrected chi connectivity index (χ1v) is 7.51. The average Bonchev–Trinajstić information content (AvgIpc) is 2.48. The molecular weight excluding hydrogens is 266 g/mol. The van der Waals surface area contributed by atoms with Crippen LogP contribution in [0, 0.1) is 5.92 Å². The molecule has 1 aliphatic rings. The summed E-state index contributed by atoms with van der Waals surface area (Å²) in [6, 6.07) is 7.12. The summed E-state index contributed by atoms with van der Waals surface area (Å²) in [7, 11) is 0. The number of carbonyl (C=O) groups excluding carboxylic acids is 2. The lowest BCUT2D eigenvalue weighted by atomic mass is 10.0. The van der Waals surface area contributed by atoms with Crippen molar-refractivity contribution in [3.8, 4) is 0 Å². The summed E-state index contributed by atoms with van der Waals surface area (Å²) in [5, 5.41) is 8.95. The molecule has 2 amide bonds. The second kappa shape index (κ2) is 7.22. The highest BCUT2D eigenvalue weighted by Crippen LogP contribution is 2.17. The third kappa shape index (κ3) is 4.56. The van der Waals surface area contributed by atoms with Crippen molar-refractivity contribution in [1.29, 1.82) is 0 Å². The summed E-state index contributed by atoms with van der Waals surface area (Å²) in [5.74, 6) is -0.121. The van der Waals surface area contributed by atoms with Gasteiger partial charge in [0.25, 0.3) is 0 Å². The lowest BCUT2D eigenvalue weighted by Gasteiger charge is -2.22. The number of amides is 2. The van der Waals surface area contributed by atoms with E-state index < -0.39 is 0 Å². The van der Waals surface area contributed by atoms with Gasteiger partial charge in [-0.05, 0) is 37.6 Å². The fourth-order valence-corrected chi connectivity index (χ4v) is 2.27. The number of piperidine rings is 1. The second-order valence-corrected chi connectivity index (χ2v) is 5.72. The molecule has 1 aromatic rings. The molecular formula is C16H23N3O2. The lowest BCUT2D eigenvalue weighted by Crippen LogP contribution is -2.43. The molecule has 0 aromatic heterocycles. The molecule has 0 spiro atoms. The van der Waals surface area contributed by atoms with E-state index in [0.717, 1.165) is 25.8 Å². The van der Waals surface area contributed by atoms with Crippen molar-refractivity contribution in [2.24, 2.45) is 5.92 Å².